The van der Waals surface area contributed by atoms with Crippen LogP contribution in [0, 0.1) is 0 Å². The van der Waals surface area contributed by atoms with E-state index in [0.29, 0.717) is 6.61 Å². The lowest BCUT2D eigenvalue weighted by atomic mass is 10.0. The van der Waals surface area contributed by atoms with Crippen molar-refractivity contribution in [2.45, 2.75) is 12.5 Å². The molecule has 5 N–H and O–H groups in total. The van der Waals surface area contributed by atoms with Gasteiger partial charge >= 0.3 is 0 Å². The van der Waals surface area contributed by atoms with Gasteiger partial charge in [-0.05, 0) is 6.07 Å². The number of carbonyl (C=O) groups is 1. The van der Waals surface area contributed by atoms with Crippen molar-refractivity contribution in [3.8, 4) is 5.75 Å². The van der Waals surface area contributed by atoms with E-state index >= 15 is 0 Å². The van der Waals surface area contributed by atoms with Crippen LogP contribution in [0.2, 0.25) is 0 Å². The average molecular weight is 248 g/mol. The van der Waals surface area contributed by atoms with Crippen molar-refractivity contribution in [1.29, 1.82) is 0 Å². The second-order valence-corrected chi connectivity index (χ2v) is 4.04. The molecule has 0 spiro atoms. The van der Waals surface area contributed by atoms with Crippen LogP contribution in [-0.4, -0.2) is 25.0 Å². The minimum atomic E-state index is -0.204. The third-order valence-corrected chi connectivity index (χ3v) is 2.70. The summed E-state index contributed by atoms with van der Waals surface area (Å²) in [4.78, 5) is 15.3. The van der Waals surface area contributed by atoms with E-state index in [1.807, 2.05) is 24.3 Å². The first-order valence-electron chi connectivity index (χ1n) is 5.73. The predicted octanol–water partition coefficient (Wildman–Crippen LogP) is -0.100. The van der Waals surface area contributed by atoms with Crippen molar-refractivity contribution in [3.63, 3.8) is 0 Å². The van der Waals surface area contributed by atoms with E-state index in [9.17, 15) is 4.79 Å². The van der Waals surface area contributed by atoms with Crippen LogP contribution in [0.1, 0.15) is 18.0 Å². The molecule has 0 bridgehead atoms. The maximum Gasteiger partial charge on any atom is 0.242 e. The van der Waals surface area contributed by atoms with Crippen LogP contribution >= 0.6 is 0 Å². The molecule has 0 aliphatic carbocycles. The van der Waals surface area contributed by atoms with Crippen molar-refractivity contribution in [2.24, 2.45) is 16.5 Å². The molecule has 0 fully saturated rings. The number of hydrogen-bond donors (Lipinski definition) is 3. The van der Waals surface area contributed by atoms with Gasteiger partial charge < -0.3 is 21.5 Å². The Hall–Kier alpha value is -2.24. The highest BCUT2D eigenvalue weighted by Gasteiger charge is 2.22. The Morgan fingerprint density at radius 1 is 1.44 bits per heavy atom. The fraction of sp³-hybridized carbons (Fsp3) is 0.333. The number of rotatable bonds is 3. The lowest BCUT2D eigenvalue weighted by Gasteiger charge is -2.26. The number of nitrogens with two attached hydrogens (primary N) is 2. The van der Waals surface area contributed by atoms with E-state index in [2.05, 4.69) is 10.3 Å². The molecule has 1 heterocycles. The molecule has 18 heavy (non-hydrogen) atoms. The smallest absolute Gasteiger partial charge is 0.242 e. The second-order valence-electron chi connectivity index (χ2n) is 4.04. The standard InChI is InChI=1S/C12H16N4O2/c13-12(14)15-7-11(17)16-9-5-6-18-10-4-2-1-3-8(9)10/h1-4,9H,5-7H2,(H,16,17)(H4,13,14,15). The number of nitrogens with zero attached hydrogens (tertiary/aromatic N) is 1. The number of carbonyl (C=O) groups excluding carboxylic acids is 1. The Labute approximate surface area is 105 Å². The SMILES string of the molecule is NC(N)=NCC(=O)NC1CCOc2ccccc21. The number of nitrogens with one attached hydrogen (secondary N) is 1. The summed E-state index contributed by atoms with van der Waals surface area (Å²) in [5, 5.41) is 2.89. The first-order valence-corrected chi connectivity index (χ1v) is 5.73. The van der Waals surface area contributed by atoms with Gasteiger partial charge in [0.25, 0.3) is 0 Å². The van der Waals surface area contributed by atoms with Gasteiger partial charge in [0.2, 0.25) is 5.91 Å². The van der Waals surface area contributed by atoms with Crippen LogP contribution in [0.3, 0.4) is 0 Å². The molecule has 0 saturated heterocycles. The number of guanidine groups is 1. The number of benzene rings is 1. The number of amides is 1. The molecule has 1 unspecified atom stereocenters. The Morgan fingerprint density at radius 3 is 3.00 bits per heavy atom. The fourth-order valence-corrected chi connectivity index (χ4v) is 1.90. The molecule has 1 aromatic carbocycles. The molecule has 6 nitrogen and oxygen atoms in total. The quantitative estimate of drug-likeness (QED) is 0.513. The van der Waals surface area contributed by atoms with Crippen molar-refractivity contribution in [2.75, 3.05) is 13.2 Å². The van der Waals surface area contributed by atoms with Crippen molar-refractivity contribution in [3.05, 3.63) is 29.8 Å². The maximum absolute atomic E-state index is 11.7. The molecule has 0 aromatic heterocycles. The van der Waals surface area contributed by atoms with Gasteiger partial charge in [0.1, 0.15) is 12.3 Å². The third-order valence-electron chi connectivity index (χ3n) is 2.70. The summed E-state index contributed by atoms with van der Waals surface area (Å²) in [7, 11) is 0. The first kappa shape index (κ1) is 12.2. The zero-order valence-electron chi connectivity index (χ0n) is 9.93. The number of hydrogen-bond acceptors (Lipinski definition) is 3. The number of para-hydroxylation sites is 1. The lowest BCUT2D eigenvalue weighted by molar-refractivity contribution is -0.120. The lowest BCUT2D eigenvalue weighted by Crippen LogP contribution is -2.34. The summed E-state index contributed by atoms with van der Waals surface area (Å²) < 4.78 is 5.51. The van der Waals surface area contributed by atoms with Gasteiger partial charge in [0.15, 0.2) is 5.96 Å². The van der Waals surface area contributed by atoms with Crippen LogP contribution in [0.5, 0.6) is 5.75 Å². The molecule has 1 aromatic rings. The highest BCUT2D eigenvalue weighted by molar-refractivity contribution is 5.83. The Morgan fingerprint density at radius 2 is 2.22 bits per heavy atom. The summed E-state index contributed by atoms with van der Waals surface area (Å²) in [6.07, 6.45) is 0.741. The van der Waals surface area contributed by atoms with Crippen molar-refractivity contribution in [1.82, 2.24) is 5.32 Å². The molecule has 1 amide bonds. The molecule has 96 valence electrons. The number of aliphatic imine (C=N–C) groups is 1. The maximum atomic E-state index is 11.7. The Kier molecular flexibility index (Phi) is 3.66. The molecule has 0 saturated carbocycles. The first-order chi connectivity index (χ1) is 8.66. The Balaban J connectivity index is 2.03. The van der Waals surface area contributed by atoms with Gasteiger partial charge in [-0.3, -0.25) is 4.79 Å². The summed E-state index contributed by atoms with van der Waals surface area (Å²) in [6, 6.07) is 7.62. The van der Waals surface area contributed by atoms with Gasteiger partial charge in [-0.25, -0.2) is 4.99 Å². The molecule has 1 aliphatic heterocycles. The minimum Gasteiger partial charge on any atom is -0.493 e. The third kappa shape index (κ3) is 2.91. The largest absolute Gasteiger partial charge is 0.493 e. The van der Waals surface area contributed by atoms with Gasteiger partial charge in [0, 0.05) is 12.0 Å². The second kappa shape index (κ2) is 5.39. The topological polar surface area (TPSA) is 103 Å². The van der Waals surface area contributed by atoms with Crippen LogP contribution in [-0.2, 0) is 4.79 Å². The zero-order valence-corrected chi connectivity index (χ0v) is 9.93. The molecular formula is C12H16N4O2. The van der Waals surface area contributed by atoms with Crippen LogP contribution < -0.4 is 21.5 Å². The predicted molar refractivity (Wildman–Crippen MR) is 68.1 cm³/mol. The average Bonchev–Trinajstić information content (AvgIpc) is 2.37. The van der Waals surface area contributed by atoms with E-state index in [1.54, 1.807) is 0 Å². The van der Waals surface area contributed by atoms with Gasteiger partial charge in [-0.2, -0.15) is 0 Å². The highest BCUT2D eigenvalue weighted by Crippen LogP contribution is 2.31. The van der Waals surface area contributed by atoms with E-state index in [-0.39, 0.29) is 24.5 Å². The van der Waals surface area contributed by atoms with Gasteiger partial charge in [0.05, 0.1) is 12.6 Å². The summed E-state index contributed by atoms with van der Waals surface area (Å²) >= 11 is 0. The minimum absolute atomic E-state index is 0.0448. The molecule has 1 aliphatic rings. The molecular weight excluding hydrogens is 232 g/mol. The fourth-order valence-electron chi connectivity index (χ4n) is 1.90. The zero-order chi connectivity index (χ0) is 13.0. The van der Waals surface area contributed by atoms with Gasteiger partial charge in [-0.1, -0.05) is 18.2 Å². The number of ether oxygens (including phenoxy) is 1. The van der Waals surface area contributed by atoms with Crippen molar-refractivity contribution < 1.29 is 9.53 Å². The highest BCUT2D eigenvalue weighted by atomic mass is 16.5. The number of fused-ring (bicyclic) bond motifs is 1. The summed E-state index contributed by atoms with van der Waals surface area (Å²) in [5.41, 5.74) is 11.3. The van der Waals surface area contributed by atoms with Gasteiger partial charge in [-0.15, -0.1) is 0 Å². The van der Waals surface area contributed by atoms with E-state index in [1.165, 1.54) is 0 Å². The Bertz CT molecular complexity index is 469. The monoisotopic (exact) mass is 248 g/mol. The summed E-state index contributed by atoms with van der Waals surface area (Å²) in [6.45, 7) is 0.534. The normalized spacial score (nSPS) is 17.2. The summed E-state index contributed by atoms with van der Waals surface area (Å²) in [5.74, 6) is 0.526. The van der Waals surface area contributed by atoms with Crippen LogP contribution in [0.15, 0.2) is 29.3 Å². The van der Waals surface area contributed by atoms with E-state index < -0.39 is 0 Å². The molecule has 1 atom stereocenters. The van der Waals surface area contributed by atoms with E-state index in [4.69, 9.17) is 16.2 Å². The molecule has 2 rings (SSSR count). The van der Waals surface area contributed by atoms with Crippen LogP contribution in [0.4, 0.5) is 0 Å². The molecule has 0 radical (unpaired) electrons. The van der Waals surface area contributed by atoms with Crippen molar-refractivity contribution >= 4 is 11.9 Å². The molecule has 6 heteroatoms. The van der Waals surface area contributed by atoms with E-state index in [0.717, 1.165) is 17.7 Å². The van der Waals surface area contributed by atoms with Crippen LogP contribution in [0.25, 0.3) is 0 Å².